The Morgan fingerprint density at radius 1 is 1.35 bits per heavy atom. The minimum absolute atomic E-state index is 0. The molecule has 0 heterocycles. The predicted molar refractivity (Wildman–Crippen MR) is 92.5 cm³/mol. The van der Waals surface area contributed by atoms with E-state index < -0.39 is 9.84 Å². The second-order valence-corrected chi connectivity index (χ2v) is 7.24. The zero-order chi connectivity index (χ0) is 16.8. The Bertz CT molecular complexity index is 637. The average molecular weight is 387 g/mol. The number of halogens is 2. The van der Waals surface area contributed by atoms with Gasteiger partial charge in [0.2, 0.25) is 0 Å². The van der Waals surface area contributed by atoms with E-state index >= 15 is 0 Å². The Morgan fingerprint density at radius 3 is 2.57 bits per heavy atom. The molecule has 132 valence electrons. The van der Waals surface area contributed by atoms with Crippen molar-refractivity contribution in [3.05, 3.63) is 22.7 Å². The van der Waals surface area contributed by atoms with Crippen molar-refractivity contribution in [3.8, 4) is 5.75 Å². The number of ether oxygens (including phenoxy) is 2. The molecule has 0 unspecified atom stereocenters. The molecule has 0 bridgehead atoms. The third-order valence-corrected chi connectivity index (χ3v) is 3.93. The van der Waals surface area contributed by atoms with E-state index in [1.165, 1.54) is 19.2 Å². The molecule has 1 aromatic carbocycles. The first-order valence-electron chi connectivity index (χ1n) is 6.41. The topological polar surface area (TPSA) is 108 Å². The highest BCUT2D eigenvalue weighted by molar-refractivity contribution is 7.90. The van der Waals surface area contributed by atoms with Gasteiger partial charge in [0.25, 0.3) is 5.91 Å². The summed E-state index contributed by atoms with van der Waals surface area (Å²) in [5, 5.41) is 2.88. The van der Waals surface area contributed by atoms with Crippen LogP contribution in [0.1, 0.15) is 10.4 Å². The standard InChI is InChI=1S/C13H19ClN2O5S.ClH/c1-20-12-8-11(15)10(14)7-9(12)13(17)16-3-4-21-5-6-22(2,18)19;/h7-8H,3-6,15H2,1-2H3,(H,16,17);1H. The third kappa shape index (κ3) is 7.74. The summed E-state index contributed by atoms with van der Waals surface area (Å²) >= 11 is 5.89. The Balaban J connectivity index is 0.00000484. The first-order valence-corrected chi connectivity index (χ1v) is 8.85. The van der Waals surface area contributed by atoms with Crippen molar-refractivity contribution in [3.63, 3.8) is 0 Å². The van der Waals surface area contributed by atoms with Crippen LogP contribution in [0.5, 0.6) is 5.75 Å². The molecule has 10 heteroatoms. The van der Waals surface area contributed by atoms with Gasteiger partial charge < -0.3 is 20.5 Å². The molecule has 3 N–H and O–H groups in total. The van der Waals surface area contributed by atoms with E-state index in [-0.39, 0.29) is 54.4 Å². The fraction of sp³-hybridized carbons (Fsp3) is 0.462. The van der Waals surface area contributed by atoms with Gasteiger partial charge in [-0.2, -0.15) is 0 Å². The largest absolute Gasteiger partial charge is 0.496 e. The van der Waals surface area contributed by atoms with E-state index in [1.807, 2.05) is 0 Å². The first kappa shape index (κ1) is 21.8. The van der Waals surface area contributed by atoms with Crippen molar-refractivity contribution < 1.29 is 22.7 Å². The monoisotopic (exact) mass is 386 g/mol. The molecule has 0 aromatic heterocycles. The number of carbonyl (C=O) groups excluding carboxylic acids is 1. The van der Waals surface area contributed by atoms with Crippen LogP contribution in [-0.2, 0) is 14.6 Å². The van der Waals surface area contributed by atoms with Crippen molar-refractivity contribution in [1.82, 2.24) is 5.32 Å². The molecule has 1 amide bonds. The molecule has 0 fully saturated rings. The van der Waals surface area contributed by atoms with Gasteiger partial charge >= 0.3 is 0 Å². The Kier molecular flexibility index (Phi) is 9.29. The van der Waals surface area contributed by atoms with Crippen molar-refractivity contribution in [2.45, 2.75) is 0 Å². The maximum absolute atomic E-state index is 12.0. The molecular formula is C13H20Cl2N2O5S. The predicted octanol–water partition coefficient (Wildman–Crippen LogP) is 1.14. The van der Waals surface area contributed by atoms with Crippen molar-refractivity contribution in [2.75, 3.05) is 44.6 Å². The molecule has 23 heavy (non-hydrogen) atoms. The second kappa shape index (κ2) is 9.82. The van der Waals surface area contributed by atoms with Crippen LogP contribution in [-0.4, -0.2) is 53.2 Å². The molecule has 0 spiro atoms. The SMILES string of the molecule is COc1cc(N)c(Cl)cc1C(=O)NCCOCCS(C)(=O)=O.Cl. The van der Waals surface area contributed by atoms with Gasteiger partial charge in [-0.05, 0) is 6.07 Å². The third-order valence-electron chi connectivity index (χ3n) is 2.69. The van der Waals surface area contributed by atoms with Gasteiger partial charge in [0, 0.05) is 18.9 Å². The Hall–Kier alpha value is -1.22. The molecule has 7 nitrogen and oxygen atoms in total. The summed E-state index contributed by atoms with van der Waals surface area (Å²) in [6.07, 6.45) is 1.13. The lowest BCUT2D eigenvalue weighted by Crippen LogP contribution is -2.28. The van der Waals surface area contributed by atoms with Gasteiger partial charge in [0.05, 0.1) is 42.3 Å². The molecule has 0 aliphatic carbocycles. The highest BCUT2D eigenvalue weighted by Crippen LogP contribution is 2.28. The molecular weight excluding hydrogens is 367 g/mol. The quantitative estimate of drug-likeness (QED) is 0.512. The molecule has 0 saturated carbocycles. The number of hydrogen-bond acceptors (Lipinski definition) is 6. The van der Waals surface area contributed by atoms with Gasteiger partial charge in [-0.1, -0.05) is 11.6 Å². The lowest BCUT2D eigenvalue weighted by molar-refractivity contribution is 0.0920. The second-order valence-electron chi connectivity index (χ2n) is 4.57. The molecule has 0 radical (unpaired) electrons. The van der Waals surface area contributed by atoms with Crippen LogP contribution in [0.3, 0.4) is 0 Å². The van der Waals surface area contributed by atoms with Gasteiger partial charge in [0.1, 0.15) is 15.6 Å². The summed E-state index contributed by atoms with van der Waals surface area (Å²) < 4.78 is 32.0. The number of hydrogen-bond donors (Lipinski definition) is 2. The molecule has 1 aromatic rings. The summed E-state index contributed by atoms with van der Waals surface area (Å²) in [5.74, 6) is -0.120. The van der Waals surface area contributed by atoms with Crippen LogP contribution in [0.2, 0.25) is 5.02 Å². The van der Waals surface area contributed by atoms with Gasteiger partial charge in [-0.15, -0.1) is 12.4 Å². The van der Waals surface area contributed by atoms with E-state index in [2.05, 4.69) is 5.32 Å². The maximum atomic E-state index is 12.0. The number of methoxy groups -OCH3 is 1. The number of nitrogens with two attached hydrogens (primary N) is 1. The average Bonchev–Trinajstić information content (AvgIpc) is 2.43. The number of carbonyl (C=O) groups is 1. The summed E-state index contributed by atoms with van der Waals surface area (Å²) in [7, 11) is -1.62. The van der Waals surface area contributed by atoms with Crippen molar-refractivity contribution >= 4 is 45.4 Å². The van der Waals surface area contributed by atoms with Crippen LogP contribution >= 0.6 is 24.0 Å². The molecule has 0 aliphatic rings. The lowest BCUT2D eigenvalue weighted by atomic mass is 10.1. The van der Waals surface area contributed by atoms with E-state index in [4.69, 9.17) is 26.8 Å². The van der Waals surface area contributed by atoms with Crippen molar-refractivity contribution in [2.24, 2.45) is 0 Å². The highest BCUT2D eigenvalue weighted by Gasteiger charge is 2.14. The molecule has 1 rings (SSSR count). The van der Waals surface area contributed by atoms with E-state index in [9.17, 15) is 13.2 Å². The normalized spacial score (nSPS) is 10.7. The zero-order valence-corrected chi connectivity index (χ0v) is 15.2. The van der Waals surface area contributed by atoms with Crippen LogP contribution in [0.25, 0.3) is 0 Å². The minimum atomic E-state index is -3.04. The summed E-state index contributed by atoms with van der Waals surface area (Å²) in [4.78, 5) is 12.0. The zero-order valence-electron chi connectivity index (χ0n) is 12.8. The van der Waals surface area contributed by atoms with Crippen molar-refractivity contribution in [1.29, 1.82) is 0 Å². The first-order chi connectivity index (χ1) is 10.2. The molecule has 0 aliphatic heterocycles. The fourth-order valence-electron chi connectivity index (χ4n) is 1.56. The number of rotatable bonds is 8. The highest BCUT2D eigenvalue weighted by atomic mass is 35.5. The number of anilines is 1. The van der Waals surface area contributed by atoms with Crippen LogP contribution in [0.15, 0.2) is 12.1 Å². The smallest absolute Gasteiger partial charge is 0.255 e. The summed E-state index contributed by atoms with van der Waals surface area (Å²) in [6, 6.07) is 2.90. The number of benzene rings is 1. The summed E-state index contributed by atoms with van der Waals surface area (Å²) in [5.41, 5.74) is 6.22. The van der Waals surface area contributed by atoms with Gasteiger partial charge in [-0.25, -0.2) is 8.42 Å². The fourth-order valence-corrected chi connectivity index (χ4v) is 2.14. The number of sulfone groups is 1. The molecule has 0 saturated heterocycles. The maximum Gasteiger partial charge on any atom is 0.255 e. The van der Waals surface area contributed by atoms with Crippen LogP contribution in [0, 0.1) is 0 Å². The Morgan fingerprint density at radius 2 is 2.00 bits per heavy atom. The van der Waals surface area contributed by atoms with E-state index in [0.717, 1.165) is 6.26 Å². The summed E-state index contributed by atoms with van der Waals surface area (Å²) in [6.45, 7) is 0.520. The van der Waals surface area contributed by atoms with E-state index in [0.29, 0.717) is 11.4 Å². The number of nitrogen functional groups attached to an aromatic ring is 1. The number of nitrogens with one attached hydrogen (secondary N) is 1. The Labute approximate surface area is 146 Å². The minimum Gasteiger partial charge on any atom is -0.496 e. The van der Waals surface area contributed by atoms with Gasteiger partial charge in [-0.3, -0.25) is 4.79 Å². The van der Waals surface area contributed by atoms with Crippen LogP contribution in [0.4, 0.5) is 5.69 Å². The molecule has 0 atom stereocenters. The lowest BCUT2D eigenvalue weighted by Gasteiger charge is -2.11. The van der Waals surface area contributed by atoms with Crippen LogP contribution < -0.4 is 15.8 Å². The van der Waals surface area contributed by atoms with E-state index in [1.54, 1.807) is 0 Å². The van der Waals surface area contributed by atoms with Gasteiger partial charge in [0.15, 0.2) is 0 Å². The number of amides is 1.